The van der Waals surface area contributed by atoms with Crippen LogP contribution in [0.25, 0.3) is 5.78 Å². The van der Waals surface area contributed by atoms with Crippen molar-refractivity contribution in [2.75, 3.05) is 0 Å². The van der Waals surface area contributed by atoms with Crippen LogP contribution in [0.2, 0.25) is 10.0 Å². The van der Waals surface area contributed by atoms with Gasteiger partial charge in [0.1, 0.15) is 12.1 Å². The third-order valence-electron chi connectivity index (χ3n) is 2.41. The van der Waals surface area contributed by atoms with Crippen LogP contribution in [0.3, 0.4) is 0 Å². The second-order valence-corrected chi connectivity index (χ2v) is 4.79. The first-order valence-electron chi connectivity index (χ1n) is 5.43. The molecule has 2 aromatic heterocycles. The Kier molecular flexibility index (Phi) is 3.00. The average Bonchev–Trinajstić information content (AvgIpc) is 2.75. The van der Waals surface area contributed by atoms with Gasteiger partial charge in [-0.25, -0.2) is 4.98 Å². The fourth-order valence-corrected chi connectivity index (χ4v) is 2.18. The van der Waals surface area contributed by atoms with Crippen LogP contribution >= 0.6 is 23.2 Å². The molecule has 7 heteroatoms. The van der Waals surface area contributed by atoms with Crippen LogP contribution in [0.4, 0.5) is 0 Å². The van der Waals surface area contributed by atoms with E-state index in [1.807, 2.05) is 6.92 Å². The van der Waals surface area contributed by atoms with Gasteiger partial charge >= 0.3 is 0 Å². The van der Waals surface area contributed by atoms with Crippen LogP contribution in [-0.4, -0.2) is 19.6 Å². The minimum absolute atomic E-state index is 0.475. The Labute approximate surface area is 118 Å². The Balaban J connectivity index is 2.07. The van der Waals surface area contributed by atoms with Gasteiger partial charge in [0.25, 0.3) is 5.78 Å². The zero-order valence-electron chi connectivity index (χ0n) is 9.84. The van der Waals surface area contributed by atoms with Crippen LogP contribution < -0.4 is 4.74 Å². The second-order valence-electron chi connectivity index (χ2n) is 3.91. The minimum Gasteiger partial charge on any atom is -0.439 e. The van der Waals surface area contributed by atoms with E-state index < -0.39 is 0 Å². The quantitative estimate of drug-likeness (QED) is 0.725. The molecule has 0 unspecified atom stereocenters. The van der Waals surface area contributed by atoms with Crippen molar-refractivity contribution in [1.82, 2.24) is 19.6 Å². The molecule has 0 aliphatic heterocycles. The smallest absolute Gasteiger partial charge is 0.255 e. The third kappa shape index (κ3) is 2.47. The molecule has 0 spiro atoms. The summed E-state index contributed by atoms with van der Waals surface area (Å²) >= 11 is 11.9. The summed E-state index contributed by atoms with van der Waals surface area (Å²) in [6.45, 7) is 1.85. The number of aromatic nitrogens is 4. The van der Waals surface area contributed by atoms with Crippen molar-refractivity contribution in [3.63, 3.8) is 0 Å². The van der Waals surface area contributed by atoms with Gasteiger partial charge in [-0.1, -0.05) is 23.2 Å². The summed E-state index contributed by atoms with van der Waals surface area (Å²) in [7, 11) is 0. The van der Waals surface area contributed by atoms with Gasteiger partial charge in [-0.2, -0.15) is 14.6 Å². The van der Waals surface area contributed by atoms with E-state index in [1.165, 1.54) is 10.8 Å². The van der Waals surface area contributed by atoms with Gasteiger partial charge in [0.15, 0.2) is 0 Å². The molecule has 96 valence electrons. The number of rotatable bonds is 2. The molecular weight excluding hydrogens is 287 g/mol. The summed E-state index contributed by atoms with van der Waals surface area (Å²) in [5.74, 6) is 1.50. The molecule has 0 saturated carbocycles. The van der Waals surface area contributed by atoms with Gasteiger partial charge in [-0.15, -0.1) is 0 Å². The van der Waals surface area contributed by atoms with E-state index in [2.05, 4.69) is 15.1 Å². The molecule has 0 saturated heterocycles. The number of halogens is 2. The topological polar surface area (TPSA) is 52.3 Å². The molecule has 3 aromatic rings. The molecule has 1 aromatic carbocycles. The lowest BCUT2D eigenvalue weighted by molar-refractivity contribution is 0.445. The summed E-state index contributed by atoms with van der Waals surface area (Å²) in [6.07, 6.45) is 1.42. The number of fused-ring (bicyclic) bond motifs is 1. The van der Waals surface area contributed by atoms with Gasteiger partial charge in [0, 0.05) is 21.8 Å². The number of hydrogen-bond donors (Lipinski definition) is 0. The Hall–Kier alpha value is -1.85. The summed E-state index contributed by atoms with van der Waals surface area (Å²) in [4.78, 5) is 8.26. The van der Waals surface area contributed by atoms with Crippen LogP contribution in [0.5, 0.6) is 11.6 Å². The molecule has 5 nitrogen and oxygen atoms in total. The number of aryl methyl sites for hydroxylation is 1. The van der Waals surface area contributed by atoms with E-state index in [1.54, 1.807) is 24.3 Å². The van der Waals surface area contributed by atoms with Gasteiger partial charge in [-0.3, -0.25) is 0 Å². The zero-order valence-corrected chi connectivity index (χ0v) is 11.4. The van der Waals surface area contributed by atoms with Crippen molar-refractivity contribution in [2.24, 2.45) is 0 Å². The van der Waals surface area contributed by atoms with E-state index in [0.717, 1.165) is 5.69 Å². The van der Waals surface area contributed by atoms with Crippen LogP contribution in [0, 0.1) is 6.92 Å². The number of benzene rings is 1. The lowest BCUT2D eigenvalue weighted by atomic mass is 10.3. The largest absolute Gasteiger partial charge is 0.439 e. The van der Waals surface area contributed by atoms with E-state index in [0.29, 0.717) is 27.5 Å². The molecule has 0 N–H and O–H groups in total. The molecule has 0 aliphatic rings. The van der Waals surface area contributed by atoms with E-state index in [4.69, 9.17) is 27.9 Å². The maximum Gasteiger partial charge on any atom is 0.255 e. The molecular formula is C12H8Cl2N4O. The highest BCUT2D eigenvalue weighted by molar-refractivity contribution is 6.34. The molecule has 0 atom stereocenters. The maximum absolute atomic E-state index is 5.93. The Morgan fingerprint density at radius 3 is 2.58 bits per heavy atom. The average molecular weight is 295 g/mol. The zero-order chi connectivity index (χ0) is 13.4. The highest BCUT2D eigenvalue weighted by Gasteiger charge is 2.08. The van der Waals surface area contributed by atoms with Gasteiger partial charge in [0.05, 0.1) is 0 Å². The monoisotopic (exact) mass is 294 g/mol. The van der Waals surface area contributed by atoms with Crippen molar-refractivity contribution in [3.8, 4) is 11.6 Å². The summed E-state index contributed by atoms with van der Waals surface area (Å²) < 4.78 is 7.25. The number of nitrogens with zero attached hydrogens (tertiary/aromatic N) is 4. The summed E-state index contributed by atoms with van der Waals surface area (Å²) in [5.41, 5.74) is 0.781. The van der Waals surface area contributed by atoms with Crippen molar-refractivity contribution in [1.29, 1.82) is 0 Å². The Bertz CT molecular complexity index is 736. The van der Waals surface area contributed by atoms with Crippen LogP contribution in [-0.2, 0) is 0 Å². The van der Waals surface area contributed by atoms with E-state index in [-0.39, 0.29) is 0 Å². The standard InChI is InChI=1S/C12H8Cl2N4O/c1-7-2-11(18-12(17-7)15-6-16-18)19-10-4-8(13)3-9(14)5-10/h2-6H,1H3. The highest BCUT2D eigenvalue weighted by Crippen LogP contribution is 2.28. The Morgan fingerprint density at radius 2 is 1.84 bits per heavy atom. The fourth-order valence-electron chi connectivity index (χ4n) is 1.68. The van der Waals surface area contributed by atoms with E-state index >= 15 is 0 Å². The first-order chi connectivity index (χ1) is 9.11. The molecule has 3 rings (SSSR count). The fraction of sp³-hybridized carbons (Fsp3) is 0.0833. The first kappa shape index (κ1) is 12.2. The lowest BCUT2D eigenvalue weighted by Crippen LogP contribution is -1.99. The van der Waals surface area contributed by atoms with Gasteiger partial charge in [-0.05, 0) is 25.1 Å². The van der Waals surface area contributed by atoms with Crippen LogP contribution in [0.1, 0.15) is 5.69 Å². The molecule has 0 amide bonds. The summed E-state index contributed by atoms with van der Waals surface area (Å²) in [6, 6.07) is 6.74. The third-order valence-corrected chi connectivity index (χ3v) is 2.84. The Morgan fingerprint density at radius 1 is 1.11 bits per heavy atom. The van der Waals surface area contributed by atoms with Crippen LogP contribution in [0.15, 0.2) is 30.6 Å². The molecule has 19 heavy (non-hydrogen) atoms. The van der Waals surface area contributed by atoms with Crippen molar-refractivity contribution >= 4 is 29.0 Å². The second kappa shape index (κ2) is 4.68. The van der Waals surface area contributed by atoms with Crippen molar-refractivity contribution in [3.05, 3.63) is 46.3 Å². The maximum atomic E-state index is 5.93. The highest BCUT2D eigenvalue weighted by atomic mass is 35.5. The molecule has 0 radical (unpaired) electrons. The first-order valence-corrected chi connectivity index (χ1v) is 6.19. The normalized spacial score (nSPS) is 10.9. The molecule has 0 aliphatic carbocycles. The van der Waals surface area contributed by atoms with Crippen molar-refractivity contribution < 1.29 is 4.74 Å². The molecule has 0 fully saturated rings. The number of hydrogen-bond acceptors (Lipinski definition) is 4. The van der Waals surface area contributed by atoms with E-state index in [9.17, 15) is 0 Å². The SMILES string of the molecule is Cc1cc(Oc2cc(Cl)cc(Cl)c2)n2ncnc2n1. The van der Waals surface area contributed by atoms with Crippen molar-refractivity contribution in [2.45, 2.75) is 6.92 Å². The number of ether oxygens (including phenoxy) is 1. The molecule has 0 bridgehead atoms. The summed E-state index contributed by atoms with van der Waals surface area (Å²) in [5, 5.41) is 5.06. The lowest BCUT2D eigenvalue weighted by Gasteiger charge is -2.08. The molecule has 2 heterocycles. The van der Waals surface area contributed by atoms with Gasteiger partial charge < -0.3 is 4.74 Å². The predicted molar refractivity (Wildman–Crippen MR) is 72.1 cm³/mol. The van der Waals surface area contributed by atoms with Gasteiger partial charge in [0.2, 0.25) is 5.88 Å². The predicted octanol–water partition coefficient (Wildman–Crippen LogP) is 3.53. The minimum atomic E-state index is 0.475.